The Bertz CT molecular complexity index is 1230. The van der Waals surface area contributed by atoms with Crippen LogP contribution in [0.25, 0.3) is 6.08 Å². The lowest BCUT2D eigenvalue weighted by atomic mass is 9.87. The number of anilines is 2. The van der Waals surface area contributed by atoms with Crippen LogP contribution in [0, 0.1) is 0 Å². The number of hydrogen-bond donors (Lipinski definition) is 3. The molecule has 0 fully saturated rings. The van der Waals surface area contributed by atoms with Crippen molar-refractivity contribution in [2.75, 3.05) is 17.7 Å². The molecule has 3 N–H and O–H groups in total. The summed E-state index contributed by atoms with van der Waals surface area (Å²) in [6, 6.07) is 22.0. The van der Waals surface area contributed by atoms with Crippen molar-refractivity contribution in [1.29, 1.82) is 0 Å². The Hall–Kier alpha value is -3.97. The Morgan fingerprint density at radius 1 is 0.886 bits per heavy atom. The summed E-state index contributed by atoms with van der Waals surface area (Å²) >= 11 is 5.24. The Kier molecular flexibility index (Phi) is 8.39. The molecule has 2 amide bonds. The van der Waals surface area contributed by atoms with E-state index in [1.54, 1.807) is 37.5 Å². The van der Waals surface area contributed by atoms with Gasteiger partial charge in [0.05, 0.1) is 7.11 Å². The van der Waals surface area contributed by atoms with Gasteiger partial charge in [-0.25, -0.2) is 0 Å². The first-order chi connectivity index (χ1) is 16.6. The molecule has 0 aliphatic carbocycles. The molecule has 7 heteroatoms. The van der Waals surface area contributed by atoms with Crippen LogP contribution in [0.15, 0.2) is 78.9 Å². The fourth-order valence-electron chi connectivity index (χ4n) is 3.20. The van der Waals surface area contributed by atoms with Gasteiger partial charge in [-0.15, -0.1) is 0 Å². The third kappa shape index (κ3) is 7.79. The molecule has 0 unspecified atom stereocenters. The van der Waals surface area contributed by atoms with E-state index in [1.165, 1.54) is 6.08 Å². The number of carbonyl (C=O) groups excluding carboxylic acids is 2. The van der Waals surface area contributed by atoms with Crippen molar-refractivity contribution >= 4 is 46.6 Å². The highest BCUT2D eigenvalue weighted by Crippen LogP contribution is 2.23. The number of carbonyl (C=O) groups is 2. The largest absolute Gasteiger partial charge is 0.497 e. The smallest absolute Gasteiger partial charge is 0.255 e. The second kappa shape index (κ2) is 11.4. The van der Waals surface area contributed by atoms with E-state index in [4.69, 9.17) is 17.0 Å². The SMILES string of the molecule is COc1ccc(/C=C/C(=O)NC(=S)Nc2cccc(NC(=O)c3ccc(C(C)(C)C)cc3)c2)cc1. The number of rotatable bonds is 6. The van der Waals surface area contributed by atoms with Gasteiger partial charge in [0, 0.05) is 23.0 Å². The Balaban J connectivity index is 1.55. The molecule has 0 heterocycles. The lowest BCUT2D eigenvalue weighted by Crippen LogP contribution is -2.32. The lowest BCUT2D eigenvalue weighted by Gasteiger charge is -2.19. The van der Waals surface area contributed by atoms with Crippen LogP contribution < -0.4 is 20.7 Å². The van der Waals surface area contributed by atoms with Crippen molar-refractivity contribution in [3.63, 3.8) is 0 Å². The average Bonchev–Trinajstić information content (AvgIpc) is 2.82. The fraction of sp³-hybridized carbons (Fsp3) is 0.179. The zero-order chi connectivity index (χ0) is 25.4. The Morgan fingerprint density at radius 2 is 1.51 bits per heavy atom. The van der Waals surface area contributed by atoms with Crippen LogP contribution in [-0.4, -0.2) is 24.0 Å². The van der Waals surface area contributed by atoms with E-state index < -0.39 is 0 Å². The topological polar surface area (TPSA) is 79.5 Å². The second-order valence-corrected chi connectivity index (χ2v) is 9.32. The highest BCUT2D eigenvalue weighted by atomic mass is 32.1. The predicted octanol–water partition coefficient (Wildman–Crippen LogP) is 5.77. The first kappa shape index (κ1) is 25.6. The number of amides is 2. The molecule has 35 heavy (non-hydrogen) atoms. The Morgan fingerprint density at radius 3 is 2.11 bits per heavy atom. The monoisotopic (exact) mass is 487 g/mol. The zero-order valence-corrected chi connectivity index (χ0v) is 21.0. The van der Waals surface area contributed by atoms with Gasteiger partial charge in [0.2, 0.25) is 5.91 Å². The lowest BCUT2D eigenvalue weighted by molar-refractivity contribution is -0.115. The van der Waals surface area contributed by atoms with Crippen molar-refractivity contribution in [2.24, 2.45) is 0 Å². The summed E-state index contributed by atoms with van der Waals surface area (Å²) in [6.07, 6.45) is 3.08. The van der Waals surface area contributed by atoms with E-state index in [-0.39, 0.29) is 22.3 Å². The first-order valence-corrected chi connectivity index (χ1v) is 11.5. The molecule has 6 nitrogen and oxygen atoms in total. The summed E-state index contributed by atoms with van der Waals surface area (Å²) in [5.41, 5.74) is 3.85. The molecule has 3 aromatic rings. The first-order valence-electron chi connectivity index (χ1n) is 11.1. The zero-order valence-electron chi connectivity index (χ0n) is 20.2. The molecule has 0 aliphatic rings. The fourth-order valence-corrected chi connectivity index (χ4v) is 3.42. The molecular formula is C28H29N3O3S. The quantitative estimate of drug-likeness (QED) is 0.304. The highest BCUT2D eigenvalue weighted by molar-refractivity contribution is 7.80. The molecule has 0 saturated heterocycles. The molecule has 0 aliphatic heterocycles. The van der Waals surface area contributed by atoms with Crippen molar-refractivity contribution in [2.45, 2.75) is 26.2 Å². The summed E-state index contributed by atoms with van der Waals surface area (Å²) in [6.45, 7) is 6.39. The molecule has 0 bridgehead atoms. The molecule has 0 radical (unpaired) electrons. The second-order valence-electron chi connectivity index (χ2n) is 8.91. The van der Waals surface area contributed by atoms with Gasteiger partial charge in [0.25, 0.3) is 5.91 Å². The summed E-state index contributed by atoms with van der Waals surface area (Å²) in [7, 11) is 1.60. The maximum Gasteiger partial charge on any atom is 0.255 e. The van der Waals surface area contributed by atoms with Crippen molar-refractivity contribution in [3.05, 3.63) is 95.6 Å². The third-order valence-corrected chi connectivity index (χ3v) is 5.38. The normalized spacial score (nSPS) is 11.1. The average molecular weight is 488 g/mol. The van der Waals surface area contributed by atoms with Gasteiger partial charge in [-0.05, 0) is 77.3 Å². The van der Waals surface area contributed by atoms with Crippen molar-refractivity contribution < 1.29 is 14.3 Å². The molecule has 3 aromatic carbocycles. The van der Waals surface area contributed by atoms with Crippen molar-refractivity contribution in [3.8, 4) is 5.75 Å². The molecule has 180 valence electrons. The molecule has 0 spiro atoms. The standard InChI is InChI=1S/C28H29N3O3S/c1-28(2,3)21-13-11-20(12-14-21)26(33)29-22-6-5-7-23(18-22)30-27(35)31-25(32)17-10-19-8-15-24(34-4)16-9-19/h5-18H,1-4H3,(H,29,33)(H2,30,31,32,35)/b17-10+. The van der Waals surface area contributed by atoms with Gasteiger partial charge in [-0.1, -0.05) is 51.1 Å². The number of ether oxygens (including phenoxy) is 1. The van der Waals surface area contributed by atoms with Crippen LogP contribution >= 0.6 is 12.2 Å². The highest BCUT2D eigenvalue weighted by Gasteiger charge is 2.14. The maximum absolute atomic E-state index is 12.6. The van der Waals surface area contributed by atoms with Gasteiger partial charge in [-0.2, -0.15) is 0 Å². The number of nitrogens with one attached hydrogen (secondary N) is 3. The predicted molar refractivity (Wildman–Crippen MR) is 146 cm³/mol. The van der Waals surface area contributed by atoms with E-state index in [0.717, 1.165) is 16.9 Å². The Labute approximate surface area is 211 Å². The molecule has 0 saturated carbocycles. The van der Waals surface area contributed by atoms with Gasteiger partial charge >= 0.3 is 0 Å². The third-order valence-electron chi connectivity index (χ3n) is 5.17. The summed E-state index contributed by atoms with van der Waals surface area (Å²) in [4.78, 5) is 24.8. The minimum atomic E-state index is -0.360. The molecular weight excluding hydrogens is 458 g/mol. The molecule has 3 rings (SSSR count). The van der Waals surface area contributed by atoms with Gasteiger partial charge in [0.1, 0.15) is 5.75 Å². The van der Waals surface area contributed by atoms with Gasteiger partial charge < -0.3 is 15.4 Å². The number of thiocarbonyl (C=S) groups is 1. The molecule has 0 aromatic heterocycles. The molecule has 0 atom stereocenters. The number of hydrogen-bond acceptors (Lipinski definition) is 4. The van der Waals surface area contributed by atoms with Crippen LogP contribution in [0.3, 0.4) is 0 Å². The summed E-state index contributed by atoms with van der Waals surface area (Å²) in [5, 5.41) is 8.61. The summed E-state index contributed by atoms with van der Waals surface area (Å²) in [5.74, 6) is 0.178. The van der Waals surface area contributed by atoms with Crippen molar-refractivity contribution in [1.82, 2.24) is 5.32 Å². The van der Waals surface area contributed by atoms with Gasteiger partial charge in [0.15, 0.2) is 5.11 Å². The van der Waals surface area contributed by atoms with Crippen LogP contribution in [0.5, 0.6) is 5.75 Å². The van der Waals surface area contributed by atoms with E-state index >= 15 is 0 Å². The van der Waals surface area contributed by atoms with E-state index in [0.29, 0.717) is 16.9 Å². The van der Waals surface area contributed by atoms with Crippen LogP contribution in [-0.2, 0) is 10.2 Å². The van der Waals surface area contributed by atoms with Gasteiger partial charge in [-0.3, -0.25) is 14.9 Å². The van der Waals surface area contributed by atoms with Crippen LogP contribution in [0.4, 0.5) is 11.4 Å². The van der Waals surface area contributed by atoms with Crippen LogP contribution in [0.1, 0.15) is 42.3 Å². The minimum absolute atomic E-state index is 0.0221. The number of methoxy groups -OCH3 is 1. The summed E-state index contributed by atoms with van der Waals surface area (Å²) < 4.78 is 5.12. The number of benzene rings is 3. The minimum Gasteiger partial charge on any atom is -0.497 e. The maximum atomic E-state index is 12.6. The van der Waals surface area contributed by atoms with E-state index in [2.05, 4.69) is 36.7 Å². The van der Waals surface area contributed by atoms with E-state index in [9.17, 15) is 9.59 Å². The van der Waals surface area contributed by atoms with Crippen LogP contribution in [0.2, 0.25) is 0 Å². The van der Waals surface area contributed by atoms with E-state index in [1.807, 2.05) is 48.5 Å².